The first kappa shape index (κ1) is 9.53. The molecule has 1 aromatic rings. The molecule has 3 heteroatoms. The second-order valence-corrected chi connectivity index (χ2v) is 3.32. The van der Waals surface area contributed by atoms with Gasteiger partial charge in [-0.25, -0.2) is 0 Å². The second kappa shape index (κ2) is 3.44. The summed E-state index contributed by atoms with van der Waals surface area (Å²) in [6.45, 7) is 3.83. The average Bonchev–Trinajstić information content (AvgIpc) is 2.07. The highest BCUT2D eigenvalue weighted by Crippen LogP contribution is 2.13. The fourth-order valence-corrected chi connectivity index (χ4v) is 1.35. The smallest absolute Gasteiger partial charge is 0.186 e. The Bertz CT molecular complexity index is 410. The molecule has 0 aliphatic heterocycles. The molecule has 3 nitrogen and oxygen atoms in total. The molecule has 0 atom stereocenters. The SMILES string of the molecule is CC(C)c1c(C#N)n(C)ccc1=O. The van der Waals surface area contributed by atoms with Gasteiger partial charge in [0.25, 0.3) is 0 Å². The van der Waals surface area contributed by atoms with Crippen LogP contribution in [0.4, 0.5) is 0 Å². The van der Waals surface area contributed by atoms with Crippen molar-refractivity contribution in [3.05, 3.63) is 33.7 Å². The van der Waals surface area contributed by atoms with Crippen LogP contribution in [0, 0.1) is 11.3 Å². The van der Waals surface area contributed by atoms with Crippen molar-refractivity contribution in [3.63, 3.8) is 0 Å². The summed E-state index contributed by atoms with van der Waals surface area (Å²) < 4.78 is 1.68. The number of nitriles is 1. The van der Waals surface area contributed by atoms with Gasteiger partial charge in [-0.15, -0.1) is 0 Å². The fraction of sp³-hybridized carbons (Fsp3) is 0.400. The van der Waals surface area contributed by atoms with Crippen LogP contribution in [0.5, 0.6) is 0 Å². The third kappa shape index (κ3) is 1.62. The Kier molecular flexibility index (Phi) is 2.52. The summed E-state index contributed by atoms with van der Waals surface area (Å²) in [6, 6.07) is 3.55. The summed E-state index contributed by atoms with van der Waals surface area (Å²) in [5, 5.41) is 8.86. The van der Waals surface area contributed by atoms with Gasteiger partial charge in [0, 0.05) is 24.9 Å². The van der Waals surface area contributed by atoms with Crippen LogP contribution in [-0.2, 0) is 7.05 Å². The van der Waals surface area contributed by atoms with Crippen LogP contribution < -0.4 is 5.43 Å². The Labute approximate surface area is 77.2 Å². The van der Waals surface area contributed by atoms with Crippen LogP contribution >= 0.6 is 0 Å². The Balaban J connectivity index is 3.56. The van der Waals surface area contributed by atoms with E-state index in [1.807, 2.05) is 19.9 Å². The van der Waals surface area contributed by atoms with Gasteiger partial charge < -0.3 is 4.57 Å². The first-order valence-corrected chi connectivity index (χ1v) is 4.17. The van der Waals surface area contributed by atoms with E-state index in [-0.39, 0.29) is 11.3 Å². The summed E-state index contributed by atoms with van der Waals surface area (Å²) in [5.41, 5.74) is 1.01. The summed E-state index contributed by atoms with van der Waals surface area (Å²) in [6.07, 6.45) is 1.62. The molecular weight excluding hydrogens is 164 g/mol. The molecule has 1 rings (SSSR count). The Morgan fingerprint density at radius 1 is 1.54 bits per heavy atom. The number of hydrogen-bond donors (Lipinski definition) is 0. The van der Waals surface area contributed by atoms with Crippen molar-refractivity contribution in [1.82, 2.24) is 4.57 Å². The van der Waals surface area contributed by atoms with E-state index >= 15 is 0 Å². The quantitative estimate of drug-likeness (QED) is 0.649. The summed E-state index contributed by atoms with van der Waals surface area (Å²) in [5.74, 6) is 0.0922. The zero-order valence-electron chi connectivity index (χ0n) is 8.03. The normalized spacial score (nSPS) is 10.1. The Morgan fingerprint density at radius 2 is 2.15 bits per heavy atom. The Hall–Kier alpha value is -1.56. The van der Waals surface area contributed by atoms with E-state index in [0.29, 0.717) is 11.3 Å². The van der Waals surface area contributed by atoms with Crippen LogP contribution in [0.25, 0.3) is 0 Å². The molecule has 1 aromatic heterocycles. The molecule has 0 aliphatic rings. The lowest BCUT2D eigenvalue weighted by molar-refractivity contribution is 0.790. The van der Waals surface area contributed by atoms with Gasteiger partial charge in [0.15, 0.2) is 5.43 Å². The van der Waals surface area contributed by atoms with Gasteiger partial charge in [0.1, 0.15) is 11.8 Å². The summed E-state index contributed by atoms with van der Waals surface area (Å²) in [7, 11) is 1.77. The van der Waals surface area contributed by atoms with Crippen molar-refractivity contribution in [3.8, 4) is 6.07 Å². The Morgan fingerprint density at radius 3 is 2.54 bits per heavy atom. The van der Waals surface area contributed by atoms with Crippen molar-refractivity contribution in [2.45, 2.75) is 19.8 Å². The molecule has 0 radical (unpaired) electrons. The number of nitrogens with zero attached hydrogens (tertiary/aromatic N) is 2. The van der Waals surface area contributed by atoms with Crippen molar-refractivity contribution in [2.75, 3.05) is 0 Å². The molecule has 0 N–H and O–H groups in total. The molecular formula is C10H12N2O. The highest BCUT2D eigenvalue weighted by atomic mass is 16.1. The number of pyridine rings is 1. The fourth-order valence-electron chi connectivity index (χ4n) is 1.35. The topological polar surface area (TPSA) is 45.8 Å². The molecule has 0 saturated heterocycles. The molecule has 13 heavy (non-hydrogen) atoms. The molecule has 1 heterocycles. The van der Waals surface area contributed by atoms with Gasteiger partial charge in [0.2, 0.25) is 0 Å². The van der Waals surface area contributed by atoms with E-state index in [9.17, 15) is 4.79 Å². The van der Waals surface area contributed by atoms with E-state index < -0.39 is 0 Å². The molecule has 68 valence electrons. The maximum atomic E-state index is 11.4. The van der Waals surface area contributed by atoms with Crippen LogP contribution in [-0.4, -0.2) is 4.57 Å². The number of hydrogen-bond acceptors (Lipinski definition) is 2. The van der Waals surface area contributed by atoms with Crippen LogP contribution in [0.3, 0.4) is 0 Å². The van der Waals surface area contributed by atoms with Gasteiger partial charge in [-0.05, 0) is 5.92 Å². The maximum absolute atomic E-state index is 11.4. The maximum Gasteiger partial charge on any atom is 0.186 e. The van der Waals surface area contributed by atoms with E-state index in [0.717, 1.165) is 0 Å². The molecule has 0 spiro atoms. The molecule has 0 bridgehead atoms. The minimum absolute atomic E-state index is 0.0512. The standard InChI is InChI=1S/C10H12N2O/c1-7(2)10-8(6-11)12(3)5-4-9(10)13/h4-5,7H,1-3H3. The highest BCUT2D eigenvalue weighted by molar-refractivity contribution is 5.34. The van der Waals surface area contributed by atoms with Crippen molar-refractivity contribution < 1.29 is 0 Å². The molecule has 0 unspecified atom stereocenters. The minimum Gasteiger partial charge on any atom is -0.342 e. The number of aryl methyl sites for hydroxylation is 1. The number of rotatable bonds is 1. The van der Waals surface area contributed by atoms with Crippen LogP contribution in [0.1, 0.15) is 31.0 Å². The van der Waals surface area contributed by atoms with Crippen molar-refractivity contribution >= 4 is 0 Å². The zero-order valence-corrected chi connectivity index (χ0v) is 8.03. The monoisotopic (exact) mass is 176 g/mol. The van der Waals surface area contributed by atoms with E-state index in [2.05, 4.69) is 0 Å². The molecule has 0 saturated carbocycles. The van der Waals surface area contributed by atoms with Gasteiger partial charge in [-0.1, -0.05) is 13.8 Å². The molecule has 0 aromatic carbocycles. The van der Waals surface area contributed by atoms with Crippen molar-refractivity contribution in [1.29, 1.82) is 5.26 Å². The lowest BCUT2D eigenvalue weighted by Crippen LogP contribution is -2.16. The van der Waals surface area contributed by atoms with Crippen LogP contribution in [0.15, 0.2) is 17.1 Å². The van der Waals surface area contributed by atoms with Crippen molar-refractivity contribution in [2.24, 2.45) is 7.05 Å². The largest absolute Gasteiger partial charge is 0.342 e. The first-order valence-electron chi connectivity index (χ1n) is 4.17. The third-order valence-electron chi connectivity index (χ3n) is 2.01. The molecule has 0 amide bonds. The van der Waals surface area contributed by atoms with E-state index in [1.165, 1.54) is 6.07 Å². The van der Waals surface area contributed by atoms with Gasteiger partial charge in [-0.3, -0.25) is 4.79 Å². The summed E-state index contributed by atoms with van der Waals surface area (Å²) in [4.78, 5) is 11.4. The van der Waals surface area contributed by atoms with E-state index in [4.69, 9.17) is 5.26 Å². The average molecular weight is 176 g/mol. The van der Waals surface area contributed by atoms with Gasteiger partial charge >= 0.3 is 0 Å². The lowest BCUT2D eigenvalue weighted by atomic mass is 10.0. The van der Waals surface area contributed by atoms with Gasteiger partial charge in [-0.2, -0.15) is 5.26 Å². The first-order chi connectivity index (χ1) is 6.07. The van der Waals surface area contributed by atoms with E-state index in [1.54, 1.807) is 17.8 Å². The minimum atomic E-state index is -0.0512. The predicted octanol–water partition coefficient (Wildman–Crippen LogP) is 1.38. The molecule has 0 aliphatic carbocycles. The van der Waals surface area contributed by atoms with Crippen LogP contribution in [0.2, 0.25) is 0 Å². The predicted molar refractivity (Wildman–Crippen MR) is 50.5 cm³/mol. The second-order valence-electron chi connectivity index (χ2n) is 3.32. The molecule has 0 fully saturated rings. The zero-order chi connectivity index (χ0) is 10.0. The summed E-state index contributed by atoms with van der Waals surface area (Å²) >= 11 is 0. The highest BCUT2D eigenvalue weighted by Gasteiger charge is 2.11. The number of aromatic nitrogens is 1. The third-order valence-corrected chi connectivity index (χ3v) is 2.01. The lowest BCUT2D eigenvalue weighted by Gasteiger charge is -2.09. The van der Waals surface area contributed by atoms with Gasteiger partial charge in [0.05, 0.1) is 0 Å².